The maximum absolute atomic E-state index is 12.0. The number of amides is 1. The summed E-state index contributed by atoms with van der Waals surface area (Å²) in [5.41, 5.74) is 0. The molecule has 0 bridgehead atoms. The van der Waals surface area contributed by atoms with Crippen LogP contribution >= 0.6 is 0 Å². The van der Waals surface area contributed by atoms with Crippen molar-refractivity contribution >= 4 is 5.91 Å². The van der Waals surface area contributed by atoms with Gasteiger partial charge >= 0.3 is 0 Å². The van der Waals surface area contributed by atoms with E-state index in [-0.39, 0.29) is 12.0 Å². The standard InChI is InChI=1S/C16H30N2O2/c1-3-4-9-18-10-7-15(8-11-18)17-16(19)13(2)20-12-14-5-6-14/h13-15H,3-12H2,1-2H3,(H,17,19). The minimum Gasteiger partial charge on any atom is -0.368 e. The fourth-order valence-corrected chi connectivity index (χ4v) is 2.64. The van der Waals surface area contributed by atoms with Gasteiger partial charge < -0.3 is 15.0 Å². The largest absolute Gasteiger partial charge is 0.368 e. The van der Waals surface area contributed by atoms with Crippen molar-refractivity contribution in [1.29, 1.82) is 0 Å². The summed E-state index contributed by atoms with van der Waals surface area (Å²) in [7, 11) is 0. The van der Waals surface area contributed by atoms with Crippen LogP contribution in [0.5, 0.6) is 0 Å². The summed E-state index contributed by atoms with van der Waals surface area (Å²) in [5, 5.41) is 3.15. The third-order valence-corrected chi connectivity index (χ3v) is 4.41. The molecule has 116 valence electrons. The molecule has 1 saturated heterocycles. The van der Waals surface area contributed by atoms with E-state index in [0.717, 1.165) is 32.5 Å². The highest BCUT2D eigenvalue weighted by Gasteiger charge is 2.26. The Balaban J connectivity index is 1.59. The van der Waals surface area contributed by atoms with Gasteiger partial charge in [0, 0.05) is 19.1 Å². The van der Waals surface area contributed by atoms with E-state index in [1.54, 1.807) is 0 Å². The molecule has 1 N–H and O–H groups in total. The summed E-state index contributed by atoms with van der Waals surface area (Å²) in [4.78, 5) is 14.6. The van der Waals surface area contributed by atoms with Crippen LogP contribution in [-0.4, -0.2) is 49.2 Å². The summed E-state index contributed by atoms with van der Waals surface area (Å²) in [6, 6.07) is 0.340. The molecule has 1 saturated carbocycles. The van der Waals surface area contributed by atoms with Gasteiger partial charge in [0.25, 0.3) is 0 Å². The molecular weight excluding hydrogens is 252 g/mol. The lowest BCUT2D eigenvalue weighted by atomic mass is 10.0. The summed E-state index contributed by atoms with van der Waals surface area (Å²) < 4.78 is 5.62. The van der Waals surface area contributed by atoms with E-state index in [2.05, 4.69) is 17.1 Å². The number of rotatable bonds is 8. The van der Waals surface area contributed by atoms with Crippen LogP contribution in [0.1, 0.15) is 52.4 Å². The Bertz CT molecular complexity index is 297. The van der Waals surface area contributed by atoms with Crippen LogP contribution in [-0.2, 0) is 9.53 Å². The summed E-state index contributed by atoms with van der Waals surface area (Å²) in [5.74, 6) is 0.782. The van der Waals surface area contributed by atoms with Gasteiger partial charge in [0.15, 0.2) is 0 Å². The average Bonchev–Trinajstić information content (AvgIpc) is 3.28. The number of likely N-dealkylation sites (tertiary alicyclic amines) is 1. The zero-order valence-electron chi connectivity index (χ0n) is 13.1. The molecule has 1 amide bonds. The number of unbranched alkanes of at least 4 members (excludes halogenated alkanes) is 1. The molecule has 1 aliphatic heterocycles. The molecule has 1 atom stereocenters. The first-order chi connectivity index (χ1) is 9.69. The van der Waals surface area contributed by atoms with Gasteiger partial charge in [-0.05, 0) is 51.5 Å². The molecule has 0 spiro atoms. The topological polar surface area (TPSA) is 41.6 Å². The molecule has 1 aliphatic carbocycles. The monoisotopic (exact) mass is 282 g/mol. The minimum absolute atomic E-state index is 0.0673. The van der Waals surface area contributed by atoms with E-state index in [1.165, 1.54) is 32.2 Å². The highest BCUT2D eigenvalue weighted by molar-refractivity contribution is 5.80. The van der Waals surface area contributed by atoms with Crippen LogP contribution in [0.2, 0.25) is 0 Å². The second-order valence-corrected chi connectivity index (χ2v) is 6.40. The van der Waals surface area contributed by atoms with Crippen LogP contribution in [0, 0.1) is 5.92 Å². The van der Waals surface area contributed by atoms with Gasteiger partial charge in [-0.2, -0.15) is 0 Å². The Kier molecular flexibility index (Phi) is 6.30. The van der Waals surface area contributed by atoms with Crippen LogP contribution in [0.4, 0.5) is 0 Å². The molecule has 20 heavy (non-hydrogen) atoms. The van der Waals surface area contributed by atoms with Gasteiger partial charge in [0.1, 0.15) is 6.10 Å². The van der Waals surface area contributed by atoms with Crippen molar-refractivity contribution < 1.29 is 9.53 Å². The molecule has 0 aromatic carbocycles. The van der Waals surface area contributed by atoms with Crippen molar-refractivity contribution in [3.8, 4) is 0 Å². The van der Waals surface area contributed by atoms with E-state index in [1.807, 2.05) is 6.92 Å². The predicted molar refractivity (Wildman–Crippen MR) is 80.7 cm³/mol. The predicted octanol–water partition coefficient (Wildman–Crippen LogP) is 2.18. The summed E-state index contributed by atoms with van der Waals surface area (Å²) >= 11 is 0. The Morgan fingerprint density at radius 3 is 2.60 bits per heavy atom. The van der Waals surface area contributed by atoms with Gasteiger partial charge in [-0.1, -0.05) is 13.3 Å². The number of nitrogens with one attached hydrogen (secondary N) is 1. The van der Waals surface area contributed by atoms with Crippen molar-refractivity contribution in [2.24, 2.45) is 5.92 Å². The van der Waals surface area contributed by atoms with Crippen molar-refractivity contribution in [3.05, 3.63) is 0 Å². The lowest BCUT2D eigenvalue weighted by molar-refractivity contribution is -0.133. The molecule has 1 unspecified atom stereocenters. The van der Waals surface area contributed by atoms with Crippen LogP contribution < -0.4 is 5.32 Å². The lowest BCUT2D eigenvalue weighted by Crippen LogP contribution is -2.47. The molecule has 0 radical (unpaired) electrons. The highest BCUT2D eigenvalue weighted by atomic mass is 16.5. The van der Waals surface area contributed by atoms with Crippen LogP contribution in [0.25, 0.3) is 0 Å². The first kappa shape index (κ1) is 15.8. The molecule has 0 aromatic heterocycles. The number of hydrogen-bond acceptors (Lipinski definition) is 3. The molecule has 1 heterocycles. The van der Waals surface area contributed by atoms with Gasteiger partial charge in [-0.25, -0.2) is 0 Å². The Labute approximate surface area is 123 Å². The SMILES string of the molecule is CCCCN1CCC(NC(=O)C(C)OCC2CC2)CC1. The summed E-state index contributed by atoms with van der Waals surface area (Å²) in [6.45, 7) is 8.29. The molecule has 4 heteroatoms. The van der Waals surface area contributed by atoms with Gasteiger partial charge in [-0.15, -0.1) is 0 Å². The lowest BCUT2D eigenvalue weighted by Gasteiger charge is -2.32. The second kappa shape index (κ2) is 7.99. The fourth-order valence-electron chi connectivity index (χ4n) is 2.64. The number of nitrogens with zero attached hydrogens (tertiary/aromatic N) is 1. The maximum Gasteiger partial charge on any atom is 0.249 e. The number of piperidine rings is 1. The van der Waals surface area contributed by atoms with E-state index >= 15 is 0 Å². The Hall–Kier alpha value is -0.610. The third kappa shape index (κ3) is 5.41. The molecular formula is C16H30N2O2. The molecule has 2 rings (SSSR count). The van der Waals surface area contributed by atoms with E-state index in [9.17, 15) is 4.79 Å². The first-order valence-electron chi connectivity index (χ1n) is 8.33. The van der Waals surface area contributed by atoms with Crippen molar-refractivity contribution in [1.82, 2.24) is 10.2 Å². The van der Waals surface area contributed by atoms with E-state index in [4.69, 9.17) is 4.74 Å². The maximum atomic E-state index is 12.0. The second-order valence-electron chi connectivity index (χ2n) is 6.40. The van der Waals surface area contributed by atoms with Crippen molar-refractivity contribution in [3.63, 3.8) is 0 Å². The van der Waals surface area contributed by atoms with Gasteiger partial charge in [0.2, 0.25) is 5.91 Å². The zero-order chi connectivity index (χ0) is 14.4. The van der Waals surface area contributed by atoms with Crippen LogP contribution in [0.3, 0.4) is 0 Å². The quantitative estimate of drug-likeness (QED) is 0.742. The smallest absolute Gasteiger partial charge is 0.249 e. The van der Waals surface area contributed by atoms with Gasteiger partial charge in [-0.3, -0.25) is 4.79 Å². The average molecular weight is 282 g/mol. The number of hydrogen-bond donors (Lipinski definition) is 1. The third-order valence-electron chi connectivity index (χ3n) is 4.41. The molecule has 2 aliphatic rings. The van der Waals surface area contributed by atoms with Crippen molar-refractivity contribution in [2.45, 2.75) is 64.5 Å². The fraction of sp³-hybridized carbons (Fsp3) is 0.938. The number of carbonyl (C=O) groups excluding carboxylic acids is 1. The van der Waals surface area contributed by atoms with Crippen LogP contribution in [0.15, 0.2) is 0 Å². The Morgan fingerprint density at radius 1 is 1.30 bits per heavy atom. The zero-order valence-corrected chi connectivity index (χ0v) is 13.1. The minimum atomic E-state index is -0.297. The highest BCUT2D eigenvalue weighted by Crippen LogP contribution is 2.29. The molecule has 2 fully saturated rings. The number of ether oxygens (including phenoxy) is 1. The normalized spacial score (nSPS) is 22.7. The van der Waals surface area contributed by atoms with E-state index < -0.39 is 0 Å². The summed E-state index contributed by atoms with van der Waals surface area (Å²) in [6.07, 6.45) is 6.93. The molecule has 0 aromatic rings. The van der Waals surface area contributed by atoms with Gasteiger partial charge in [0.05, 0.1) is 6.61 Å². The first-order valence-corrected chi connectivity index (χ1v) is 8.33. The van der Waals surface area contributed by atoms with Crippen molar-refractivity contribution in [2.75, 3.05) is 26.2 Å². The van der Waals surface area contributed by atoms with E-state index in [0.29, 0.717) is 12.0 Å². The molecule has 4 nitrogen and oxygen atoms in total. The Morgan fingerprint density at radius 2 is 2.00 bits per heavy atom. The number of carbonyl (C=O) groups is 1.